The molecular weight excluding hydrogens is 536 g/mol. The van der Waals surface area contributed by atoms with Gasteiger partial charge in [-0.3, -0.25) is 33.6 Å². The van der Waals surface area contributed by atoms with Crippen molar-refractivity contribution in [2.75, 3.05) is 6.54 Å². The van der Waals surface area contributed by atoms with E-state index in [1.807, 2.05) is 13.8 Å². The first-order chi connectivity index (χ1) is 19.2. The van der Waals surface area contributed by atoms with Gasteiger partial charge in [-0.15, -0.1) is 0 Å². The van der Waals surface area contributed by atoms with E-state index in [2.05, 4.69) is 26.6 Å². The van der Waals surface area contributed by atoms with E-state index in [4.69, 9.17) is 10.8 Å². The van der Waals surface area contributed by atoms with Crippen molar-refractivity contribution >= 4 is 41.4 Å². The van der Waals surface area contributed by atoms with Gasteiger partial charge in [0, 0.05) is 19.8 Å². The third-order valence-corrected chi connectivity index (χ3v) is 5.79. The standard InChI is InChI=1S/C27H40N6O8/c1-15(2)12-20(31-17(4)34)27(41)32-19(10-11-23(36)37)26(40)30-16(3)24(38)33-21(25(39)29-14-22(28)35)13-18-8-6-5-7-9-18/h5-9,15-16,19-21H,10-14H2,1-4H3,(H2,28,35)(H,29,39)(H,30,40)(H,31,34)(H,32,41)(H,33,38)(H,36,37)/t16-,19-,20-,21-/m0/s1. The molecule has 1 rings (SSSR count). The molecule has 0 aromatic heterocycles. The molecule has 4 atom stereocenters. The molecule has 1 aromatic carbocycles. The van der Waals surface area contributed by atoms with Crippen LogP contribution in [0.1, 0.15) is 52.5 Å². The van der Waals surface area contributed by atoms with Crippen LogP contribution in [0.15, 0.2) is 30.3 Å². The largest absolute Gasteiger partial charge is 0.481 e. The molecule has 0 radical (unpaired) electrons. The number of nitrogens with one attached hydrogen (secondary N) is 5. The van der Waals surface area contributed by atoms with Crippen molar-refractivity contribution in [3.8, 4) is 0 Å². The Morgan fingerprint density at radius 1 is 0.780 bits per heavy atom. The molecule has 8 N–H and O–H groups in total. The van der Waals surface area contributed by atoms with Crippen LogP contribution >= 0.6 is 0 Å². The van der Waals surface area contributed by atoms with E-state index in [1.165, 1.54) is 13.8 Å². The second kappa shape index (κ2) is 17.3. The summed E-state index contributed by atoms with van der Waals surface area (Å²) in [7, 11) is 0. The smallest absolute Gasteiger partial charge is 0.303 e. The Bertz CT molecular complexity index is 1090. The summed E-state index contributed by atoms with van der Waals surface area (Å²) in [4.78, 5) is 85.4. The fourth-order valence-corrected chi connectivity index (χ4v) is 3.79. The van der Waals surface area contributed by atoms with E-state index in [-0.39, 0.29) is 25.2 Å². The topological polar surface area (TPSA) is 226 Å². The fourth-order valence-electron chi connectivity index (χ4n) is 3.79. The lowest BCUT2D eigenvalue weighted by Crippen LogP contribution is -2.58. The average molecular weight is 577 g/mol. The van der Waals surface area contributed by atoms with Gasteiger partial charge in [-0.2, -0.15) is 0 Å². The molecule has 226 valence electrons. The highest BCUT2D eigenvalue weighted by atomic mass is 16.4. The minimum Gasteiger partial charge on any atom is -0.481 e. The number of carbonyl (C=O) groups is 7. The highest BCUT2D eigenvalue weighted by Gasteiger charge is 2.30. The molecule has 0 bridgehead atoms. The quantitative estimate of drug-likeness (QED) is 0.118. The molecule has 0 spiro atoms. The van der Waals surface area contributed by atoms with Gasteiger partial charge < -0.3 is 37.4 Å². The highest BCUT2D eigenvalue weighted by molar-refractivity contribution is 5.96. The number of rotatable bonds is 17. The Morgan fingerprint density at radius 2 is 1.37 bits per heavy atom. The molecule has 0 aliphatic carbocycles. The average Bonchev–Trinajstić information content (AvgIpc) is 2.88. The first-order valence-electron chi connectivity index (χ1n) is 13.2. The Labute approximate surface area is 238 Å². The zero-order valence-electron chi connectivity index (χ0n) is 23.7. The van der Waals surface area contributed by atoms with Gasteiger partial charge >= 0.3 is 5.97 Å². The van der Waals surface area contributed by atoms with E-state index in [0.717, 1.165) is 5.56 Å². The summed E-state index contributed by atoms with van der Waals surface area (Å²) in [6, 6.07) is 4.19. The molecule has 6 amide bonds. The van der Waals surface area contributed by atoms with Crippen LogP contribution in [0.25, 0.3) is 0 Å². The van der Waals surface area contributed by atoms with Crippen molar-refractivity contribution in [1.82, 2.24) is 26.6 Å². The maximum absolute atomic E-state index is 13.0. The summed E-state index contributed by atoms with van der Waals surface area (Å²) >= 11 is 0. The predicted octanol–water partition coefficient (Wildman–Crippen LogP) is -1.28. The van der Waals surface area contributed by atoms with Crippen molar-refractivity contribution in [2.24, 2.45) is 11.7 Å². The van der Waals surface area contributed by atoms with Crippen molar-refractivity contribution in [3.63, 3.8) is 0 Å². The summed E-state index contributed by atoms with van der Waals surface area (Å²) in [6.45, 7) is 5.85. The number of hydrogen-bond acceptors (Lipinski definition) is 7. The Kier molecular flexibility index (Phi) is 14.5. The van der Waals surface area contributed by atoms with Gasteiger partial charge in [-0.05, 0) is 31.2 Å². The Morgan fingerprint density at radius 3 is 1.90 bits per heavy atom. The van der Waals surface area contributed by atoms with Crippen molar-refractivity contribution in [3.05, 3.63) is 35.9 Å². The number of aliphatic carboxylic acids is 1. The number of nitrogens with two attached hydrogens (primary N) is 1. The molecule has 0 unspecified atom stereocenters. The number of carboxylic acid groups (broad SMARTS) is 1. The molecule has 0 saturated carbocycles. The molecule has 41 heavy (non-hydrogen) atoms. The lowest BCUT2D eigenvalue weighted by Gasteiger charge is -2.25. The lowest BCUT2D eigenvalue weighted by atomic mass is 10.0. The number of primary amides is 1. The maximum atomic E-state index is 13.0. The minimum atomic E-state index is -1.32. The van der Waals surface area contributed by atoms with E-state index in [9.17, 15) is 33.6 Å². The van der Waals surface area contributed by atoms with Crippen LogP contribution in [0.5, 0.6) is 0 Å². The number of carboxylic acids is 1. The van der Waals surface area contributed by atoms with Gasteiger partial charge in [0.1, 0.15) is 24.2 Å². The Hall–Kier alpha value is -4.49. The highest BCUT2D eigenvalue weighted by Crippen LogP contribution is 2.08. The summed E-state index contributed by atoms with van der Waals surface area (Å²) in [5.74, 6) is -5.31. The first kappa shape index (κ1) is 34.5. The molecule has 0 aliphatic rings. The number of hydrogen-bond donors (Lipinski definition) is 7. The van der Waals surface area contributed by atoms with Crippen LogP contribution in [-0.4, -0.2) is 77.2 Å². The van der Waals surface area contributed by atoms with Gasteiger partial charge in [0.25, 0.3) is 0 Å². The third-order valence-electron chi connectivity index (χ3n) is 5.79. The second-order valence-corrected chi connectivity index (χ2v) is 10.0. The number of amides is 6. The molecule has 0 aliphatic heterocycles. The zero-order valence-corrected chi connectivity index (χ0v) is 23.7. The molecule has 14 heteroatoms. The summed E-state index contributed by atoms with van der Waals surface area (Å²) in [6.07, 6.45) is -0.372. The SMILES string of the molecule is CC(=O)N[C@@H](CC(C)C)C(=O)N[C@@H](CCC(=O)O)C(=O)N[C@@H](C)C(=O)N[C@@H](Cc1ccccc1)C(=O)NCC(N)=O. The van der Waals surface area contributed by atoms with Crippen LogP contribution in [-0.2, 0) is 40.0 Å². The molecule has 14 nitrogen and oxygen atoms in total. The summed E-state index contributed by atoms with van der Waals surface area (Å²) < 4.78 is 0. The van der Waals surface area contributed by atoms with Crippen molar-refractivity contribution in [1.29, 1.82) is 0 Å². The Balaban J connectivity index is 3.00. The van der Waals surface area contributed by atoms with Crippen LogP contribution in [0.2, 0.25) is 0 Å². The van der Waals surface area contributed by atoms with E-state index < -0.39 is 78.5 Å². The van der Waals surface area contributed by atoms with Gasteiger partial charge in [0.15, 0.2) is 0 Å². The third kappa shape index (κ3) is 13.9. The van der Waals surface area contributed by atoms with Crippen LogP contribution < -0.4 is 32.3 Å². The molecule has 0 fully saturated rings. The van der Waals surface area contributed by atoms with Gasteiger partial charge in [-0.1, -0.05) is 44.2 Å². The van der Waals surface area contributed by atoms with Crippen molar-refractivity contribution < 1.29 is 38.7 Å². The number of carbonyl (C=O) groups excluding carboxylic acids is 6. The summed E-state index contributed by atoms with van der Waals surface area (Å²) in [5.41, 5.74) is 5.81. The minimum absolute atomic E-state index is 0.0246. The predicted molar refractivity (Wildman–Crippen MR) is 148 cm³/mol. The van der Waals surface area contributed by atoms with E-state index >= 15 is 0 Å². The molecular formula is C27H40N6O8. The van der Waals surface area contributed by atoms with E-state index in [1.54, 1.807) is 30.3 Å². The molecule has 1 aromatic rings. The fraction of sp³-hybridized carbons (Fsp3) is 0.519. The normalized spacial score (nSPS) is 13.6. The van der Waals surface area contributed by atoms with Gasteiger partial charge in [0.2, 0.25) is 35.4 Å². The van der Waals surface area contributed by atoms with Crippen LogP contribution in [0.4, 0.5) is 0 Å². The summed E-state index contributed by atoms with van der Waals surface area (Å²) in [5, 5.41) is 21.4. The van der Waals surface area contributed by atoms with Gasteiger partial charge in [-0.25, -0.2) is 0 Å². The molecule has 0 saturated heterocycles. The maximum Gasteiger partial charge on any atom is 0.303 e. The monoisotopic (exact) mass is 576 g/mol. The first-order valence-corrected chi connectivity index (χ1v) is 13.2. The number of benzene rings is 1. The van der Waals surface area contributed by atoms with Crippen LogP contribution in [0, 0.1) is 5.92 Å². The lowest BCUT2D eigenvalue weighted by molar-refractivity contribution is -0.138. The molecule has 0 heterocycles. The second-order valence-electron chi connectivity index (χ2n) is 10.0. The van der Waals surface area contributed by atoms with Gasteiger partial charge in [0.05, 0.1) is 6.54 Å². The zero-order chi connectivity index (χ0) is 31.1. The van der Waals surface area contributed by atoms with Crippen molar-refractivity contribution in [2.45, 2.75) is 77.5 Å². The van der Waals surface area contributed by atoms with E-state index in [0.29, 0.717) is 0 Å². The van der Waals surface area contributed by atoms with Crippen LogP contribution in [0.3, 0.4) is 0 Å².